The SMILES string of the molecule is CCCC/C(C)=C(/C=C/C(C)=C/C=C/C(C)=C\C(=O)O)C(C)C. The number of rotatable bonds is 9. The predicted octanol–water partition coefficient (Wildman–Crippen LogP) is 6.24. The van der Waals surface area contributed by atoms with Gasteiger partial charge in [-0.05, 0) is 50.7 Å². The van der Waals surface area contributed by atoms with Crippen molar-refractivity contribution in [1.29, 1.82) is 0 Å². The van der Waals surface area contributed by atoms with Gasteiger partial charge in [0.05, 0.1) is 0 Å². The molecule has 1 N–H and O–H groups in total. The van der Waals surface area contributed by atoms with Gasteiger partial charge in [0.15, 0.2) is 0 Å². The highest BCUT2D eigenvalue weighted by molar-refractivity contribution is 5.81. The Hall–Kier alpha value is -1.83. The van der Waals surface area contributed by atoms with Gasteiger partial charge >= 0.3 is 5.97 Å². The van der Waals surface area contributed by atoms with Crippen LogP contribution in [0.3, 0.4) is 0 Å². The summed E-state index contributed by atoms with van der Waals surface area (Å²) in [5, 5.41) is 8.66. The van der Waals surface area contributed by atoms with Crippen LogP contribution in [0.15, 0.2) is 58.7 Å². The van der Waals surface area contributed by atoms with Gasteiger partial charge < -0.3 is 5.11 Å². The Morgan fingerprint density at radius 1 is 1.04 bits per heavy atom. The molecule has 0 saturated carbocycles. The fraction of sp³-hybridized carbons (Fsp3) is 0.476. The van der Waals surface area contributed by atoms with E-state index in [4.69, 9.17) is 5.11 Å². The summed E-state index contributed by atoms with van der Waals surface area (Å²) in [6.07, 6.45) is 14.9. The fourth-order valence-electron chi connectivity index (χ4n) is 2.29. The van der Waals surface area contributed by atoms with Gasteiger partial charge in [0.1, 0.15) is 0 Å². The normalized spacial score (nSPS) is 14.9. The minimum absolute atomic E-state index is 0.521. The minimum Gasteiger partial charge on any atom is -0.478 e. The molecular formula is C21H32O2. The van der Waals surface area contributed by atoms with Crippen LogP contribution in [-0.4, -0.2) is 11.1 Å². The van der Waals surface area contributed by atoms with Crippen molar-refractivity contribution in [2.24, 2.45) is 5.92 Å². The van der Waals surface area contributed by atoms with Crippen molar-refractivity contribution in [2.75, 3.05) is 0 Å². The Labute approximate surface area is 142 Å². The molecule has 0 aromatic rings. The number of carbonyl (C=O) groups is 1. The van der Waals surface area contributed by atoms with Crippen molar-refractivity contribution in [3.05, 3.63) is 58.7 Å². The second kappa shape index (κ2) is 11.7. The molecule has 0 radical (unpaired) electrons. The Morgan fingerprint density at radius 3 is 2.22 bits per heavy atom. The molecule has 0 amide bonds. The van der Waals surface area contributed by atoms with Gasteiger partial charge in [-0.25, -0.2) is 4.79 Å². The van der Waals surface area contributed by atoms with E-state index in [-0.39, 0.29) is 0 Å². The van der Waals surface area contributed by atoms with Gasteiger partial charge in [-0.15, -0.1) is 0 Å². The third-order valence-corrected chi connectivity index (χ3v) is 3.62. The van der Waals surface area contributed by atoms with Gasteiger partial charge in [-0.1, -0.05) is 68.7 Å². The van der Waals surface area contributed by atoms with E-state index in [0.717, 1.165) is 17.6 Å². The Balaban J connectivity index is 4.98. The molecule has 0 saturated heterocycles. The number of unbranched alkanes of at least 4 members (excludes halogenated alkanes) is 1. The molecule has 2 heteroatoms. The van der Waals surface area contributed by atoms with E-state index < -0.39 is 5.97 Å². The molecule has 23 heavy (non-hydrogen) atoms. The van der Waals surface area contributed by atoms with E-state index in [2.05, 4.69) is 46.8 Å². The highest BCUT2D eigenvalue weighted by Gasteiger charge is 2.04. The maximum Gasteiger partial charge on any atom is 0.328 e. The summed E-state index contributed by atoms with van der Waals surface area (Å²) < 4.78 is 0. The van der Waals surface area contributed by atoms with E-state index in [1.54, 1.807) is 13.0 Å². The van der Waals surface area contributed by atoms with E-state index in [9.17, 15) is 4.79 Å². The van der Waals surface area contributed by atoms with E-state index in [1.165, 1.54) is 30.1 Å². The van der Waals surface area contributed by atoms with Crippen LogP contribution >= 0.6 is 0 Å². The first-order chi connectivity index (χ1) is 10.8. The van der Waals surface area contributed by atoms with Crippen molar-refractivity contribution in [3.63, 3.8) is 0 Å². The number of aliphatic carboxylic acids is 1. The zero-order chi connectivity index (χ0) is 17.8. The van der Waals surface area contributed by atoms with Crippen LogP contribution in [0.2, 0.25) is 0 Å². The molecule has 0 aromatic heterocycles. The third kappa shape index (κ3) is 10.5. The molecule has 0 unspecified atom stereocenters. The molecule has 0 bridgehead atoms. The smallest absolute Gasteiger partial charge is 0.328 e. The lowest BCUT2D eigenvalue weighted by Crippen LogP contribution is -1.95. The summed E-state index contributed by atoms with van der Waals surface area (Å²) >= 11 is 0. The number of carboxylic acids is 1. The first-order valence-corrected chi connectivity index (χ1v) is 8.41. The molecule has 0 aliphatic carbocycles. The lowest BCUT2D eigenvalue weighted by molar-refractivity contribution is -0.131. The van der Waals surface area contributed by atoms with Crippen LogP contribution in [0.4, 0.5) is 0 Å². The van der Waals surface area contributed by atoms with Crippen molar-refractivity contribution in [3.8, 4) is 0 Å². The standard InChI is InChI=1S/C21H32O2/c1-7-8-12-19(6)20(16(2)3)14-13-17(4)10-9-11-18(5)15-21(22)23/h9-11,13-16H,7-8,12H2,1-6H3,(H,22,23)/b11-9+,14-13+,17-10+,18-15-,20-19-. The van der Waals surface area contributed by atoms with Crippen molar-refractivity contribution in [1.82, 2.24) is 0 Å². The van der Waals surface area contributed by atoms with Crippen molar-refractivity contribution < 1.29 is 9.90 Å². The molecule has 2 nitrogen and oxygen atoms in total. The van der Waals surface area contributed by atoms with Crippen LogP contribution in [0.25, 0.3) is 0 Å². The van der Waals surface area contributed by atoms with Crippen LogP contribution in [0.5, 0.6) is 0 Å². The summed E-state index contributed by atoms with van der Waals surface area (Å²) in [4.78, 5) is 10.5. The second-order valence-corrected chi connectivity index (χ2v) is 6.32. The zero-order valence-electron chi connectivity index (χ0n) is 15.5. The average molecular weight is 316 g/mol. The lowest BCUT2D eigenvalue weighted by atomic mass is 9.94. The zero-order valence-corrected chi connectivity index (χ0v) is 15.5. The molecule has 0 heterocycles. The fourth-order valence-corrected chi connectivity index (χ4v) is 2.29. The van der Waals surface area contributed by atoms with Crippen molar-refractivity contribution >= 4 is 5.97 Å². The minimum atomic E-state index is -0.915. The monoisotopic (exact) mass is 316 g/mol. The molecule has 0 spiro atoms. The highest BCUT2D eigenvalue weighted by Crippen LogP contribution is 2.21. The highest BCUT2D eigenvalue weighted by atomic mass is 16.4. The summed E-state index contributed by atoms with van der Waals surface area (Å²) in [6.45, 7) is 12.7. The summed E-state index contributed by atoms with van der Waals surface area (Å²) in [5.74, 6) is -0.394. The van der Waals surface area contributed by atoms with Crippen LogP contribution in [0, 0.1) is 5.92 Å². The molecule has 0 atom stereocenters. The number of hydrogen-bond acceptors (Lipinski definition) is 1. The van der Waals surface area contributed by atoms with E-state index in [1.807, 2.05) is 12.2 Å². The summed E-state index contributed by atoms with van der Waals surface area (Å²) in [5.41, 5.74) is 4.76. The van der Waals surface area contributed by atoms with E-state index >= 15 is 0 Å². The van der Waals surface area contributed by atoms with Gasteiger partial charge in [-0.2, -0.15) is 0 Å². The molecule has 0 aliphatic heterocycles. The molecular weight excluding hydrogens is 284 g/mol. The number of allylic oxidation sites excluding steroid dienone is 9. The molecule has 128 valence electrons. The van der Waals surface area contributed by atoms with E-state index in [0.29, 0.717) is 5.92 Å². The topological polar surface area (TPSA) is 37.3 Å². The summed E-state index contributed by atoms with van der Waals surface area (Å²) in [7, 11) is 0. The summed E-state index contributed by atoms with van der Waals surface area (Å²) in [6, 6.07) is 0. The number of carboxylic acid groups (broad SMARTS) is 1. The number of hydrogen-bond donors (Lipinski definition) is 1. The first kappa shape index (κ1) is 21.2. The lowest BCUT2D eigenvalue weighted by Gasteiger charge is -2.12. The largest absolute Gasteiger partial charge is 0.478 e. The van der Waals surface area contributed by atoms with Crippen LogP contribution < -0.4 is 0 Å². The molecule has 0 fully saturated rings. The second-order valence-electron chi connectivity index (χ2n) is 6.32. The third-order valence-electron chi connectivity index (χ3n) is 3.62. The average Bonchev–Trinajstić information content (AvgIpc) is 2.43. The molecule has 0 rings (SSSR count). The molecule has 0 aliphatic rings. The maximum absolute atomic E-state index is 10.5. The quantitative estimate of drug-likeness (QED) is 0.404. The van der Waals surface area contributed by atoms with Crippen LogP contribution in [0.1, 0.15) is 60.8 Å². The Bertz CT molecular complexity index is 526. The first-order valence-electron chi connectivity index (χ1n) is 8.41. The maximum atomic E-state index is 10.5. The Morgan fingerprint density at radius 2 is 1.70 bits per heavy atom. The van der Waals surface area contributed by atoms with Gasteiger partial charge in [0.25, 0.3) is 0 Å². The van der Waals surface area contributed by atoms with Gasteiger partial charge in [-0.3, -0.25) is 0 Å². The van der Waals surface area contributed by atoms with Crippen molar-refractivity contribution in [2.45, 2.75) is 60.8 Å². The predicted molar refractivity (Wildman–Crippen MR) is 100 cm³/mol. The van der Waals surface area contributed by atoms with Gasteiger partial charge in [0, 0.05) is 6.08 Å². The Kier molecular flexibility index (Phi) is 10.8. The van der Waals surface area contributed by atoms with Gasteiger partial charge in [0.2, 0.25) is 0 Å². The van der Waals surface area contributed by atoms with Crippen LogP contribution in [-0.2, 0) is 4.79 Å². The molecule has 0 aromatic carbocycles.